The van der Waals surface area contributed by atoms with Gasteiger partial charge in [0.2, 0.25) is 10.0 Å². The molecule has 118 valence electrons. The van der Waals surface area contributed by atoms with Gasteiger partial charge in [0.25, 0.3) is 0 Å². The van der Waals surface area contributed by atoms with Crippen LogP contribution in [-0.4, -0.2) is 43.1 Å². The Morgan fingerprint density at radius 1 is 1.38 bits per heavy atom. The number of nitrogens with one attached hydrogen (secondary N) is 1. The van der Waals surface area contributed by atoms with Gasteiger partial charge in [0.15, 0.2) is 0 Å². The number of rotatable bonds is 5. The second-order valence-corrected chi connectivity index (χ2v) is 8.03. The van der Waals surface area contributed by atoms with E-state index in [1.165, 1.54) is 4.31 Å². The summed E-state index contributed by atoms with van der Waals surface area (Å²) in [5, 5.41) is 13.2. The van der Waals surface area contributed by atoms with Crippen molar-refractivity contribution in [2.45, 2.75) is 44.1 Å². The molecule has 0 bridgehead atoms. The maximum Gasteiger partial charge on any atom is 0.243 e. The van der Waals surface area contributed by atoms with Crippen molar-refractivity contribution in [3.05, 3.63) is 23.8 Å². The van der Waals surface area contributed by atoms with E-state index in [0.29, 0.717) is 11.4 Å². The third kappa shape index (κ3) is 3.75. The standard InChI is InChI=1S/C15H24N2O3S/c1-4-17(11-15(2,3)18)21(19,20)13-7-8-14-12(10-13)6-5-9-16-14/h7-8,10,16,18H,4-6,9,11H2,1-3H3. The van der Waals surface area contributed by atoms with E-state index >= 15 is 0 Å². The van der Waals surface area contributed by atoms with Gasteiger partial charge < -0.3 is 10.4 Å². The van der Waals surface area contributed by atoms with Crippen LogP contribution in [-0.2, 0) is 16.4 Å². The molecular formula is C15H24N2O3S. The Morgan fingerprint density at radius 2 is 2.10 bits per heavy atom. The van der Waals surface area contributed by atoms with Crippen LogP contribution >= 0.6 is 0 Å². The highest BCUT2D eigenvalue weighted by atomic mass is 32.2. The number of fused-ring (bicyclic) bond motifs is 1. The van der Waals surface area contributed by atoms with Crippen molar-refractivity contribution in [3.63, 3.8) is 0 Å². The Labute approximate surface area is 127 Å². The van der Waals surface area contributed by atoms with Crippen molar-refractivity contribution < 1.29 is 13.5 Å². The topological polar surface area (TPSA) is 69.6 Å². The largest absolute Gasteiger partial charge is 0.389 e. The quantitative estimate of drug-likeness (QED) is 0.870. The van der Waals surface area contributed by atoms with Gasteiger partial charge in [0.05, 0.1) is 10.5 Å². The molecule has 1 aromatic carbocycles. The Hall–Kier alpha value is -1.11. The number of hydrogen-bond acceptors (Lipinski definition) is 4. The summed E-state index contributed by atoms with van der Waals surface area (Å²) in [6.45, 7) is 6.36. The van der Waals surface area contributed by atoms with Crippen molar-refractivity contribution in [2.24, 2.45) is 0 Å². The van der Waals surface area contributed by atoms with E-state index in [9.17, 15) is 13.5 Å². The molecule has 1 aliphatic rings. The zero-order valence-corrected chi connectivity index (χ0v) is 13.7. The minimum absolute atomic E-state index is 0.0845. The average Bonchev–Trinajstić information content (AvgIpc) is 2.43. The molecule has 0 amide bonds. The lowest BCUT2D eigenvalue weighted by Crippen LogP contribution is -2.42. The minimum Gasteiger partial charge on any atom is -0.389 e. The third-order valence-electron chi connectivity index (χ3n) is 3.57. The first-order chi connectivity index (χ1) is 9.74. The van der Waals surface area contributed by atoms with Gasteiger partial charge in [0, 0.05) is 25.3 Å². The molecule has 2 rings (SSSR count). The first-order valence-electron chi connectivity index (χ1n) is 7.33. The minimum atomic E-state index is -3.57. The van der Waals surface area contributed by atoms with E-state index in [1.807, 2.05) is 6.07 Å². The number of nitrogens with zero attached hydrogens (tertiary/aromatic N) is 1. The molecule has 6 heteroatoms. The molecule has 1 aromatic rings. The lowest BCUT2D eigenvalue weighted by Gasteiger charge is -2.28. The Balaban J connectivity index is 2.34. The molecule has 1 aliphatic heterocycles. The number of likely N-dealkylation sites (N-methyl/N-ethyl adjacent to an activating group) is 1. The van der Waals surface area contributed by atoms with Crippen LogP contribution in [0.25, 0.3) is 0 Å². The molecule has 0 spiro atoms. The van der Waals surface area contributed by atoms with Crippen LogP contribution in [0.3, 0.4) is 0 Å². The summed E-state index contributed by atoms with van der Waals surface area (Å²) < 4.78 is 26.8. The van der Waals surface area contributed by atoms with Crippen LogP contribution < -0.4 is 5.32 Å². The second kappa shape index (κ2) is 5.94. The van der Waals surface area contributed by atoms with Crippen molar-refractivity contribution in [1.82, 2.24) is 4.31 Å². The van der Waals surface area contributed by atoms with Gasteiger partial charge >= 0.3 is 0 Å². The molecule has 0 saturated heterocycles. The number of hydrogen-bond donors (Lipinski definition) is 2. The molecule has 21 heavy (non-hydrogen) atoms. The van der Waals surface area contributed by atoms with Gasteiger partial charge in [-0.1, -0.05) is 6.92 Å². The number of benzene rings is 1. The van der Waals surface area contributed by atoms with Gasteiger partial charge in [-0.2, -0.15) is 4.31 Å². The van der Waals surface area contributed by atoms with Crippen LogP contribution in [0.15, 0.2) is 23.1 Å². The molecule has 0 atom stereocenters. The Kier molecular flexibility index (Phi) is 4.60. The van der Waals surface area contributed by atoms with E-state index in [0.717, 1.165) is 30.6 Å². The summed E-state index contributed by atoms with van der Waals surface area (Å²) in [7, 11) is -3.57. The number of aliphatic hydroxyl groups is 1. The maximum atomic E-state index is 12.7. The highest BCUT2D eigenvalue weighted by molar-refractivity contribution is 7.89. The van der Waals surface area contributed by atoms with Crippen molar-refractivity contribution >= 4 is 15.7 Å². The van der Waals surface area contributed by atoms with Crippen molar-refractivity contribution in [1.29, 1.82) is 0 Å². The van der Waals surface area contributed by atoms with Crippen LogP contribution in [0.5, 0.6) is 0 Å². The van der Waals surface area contributed by atoms with E-state index in [2.05, 4.69) is 5.32 Å². The van der Waals surface area contributed by atoms with Crippen LogP contribution in [0.4, 0.5) is 5.69 Å². The molecule has 0 fully saturated rings. The number of anilines is 1. The molecular weight excluding hydrogens is 288 g/mol. The van der Waals surface area contributed by atoms with Gasteiger partial charge in [-0.25, -0.2) is 8.42 Å². The molecule has 0 unspecified atom stereocenters. The van der Waals surface area contributed by atoms with Gasteiger partial charge in [0.1, 0.15) is 0 Å². The smallest absolute Gasteiger partial charge is 0.243 e. The fraction of sp³-hybridized carbons (Fsp3) is 0.600. The summed E-state index contributed by atoms with van der Waals surface area (Å²) in [6.07, 6.45) is 1.90. The highest BCUT2D eigenvalue weighted by Crippen LogP contribution is 2.27. The molecule has 0 saturated carbocycles. The molecule has 0 radical (unpaired) electrons. The number of aryl methyl sites for hydroxylation is 1. The molecule has 0 aliphatic carbocycles. The summed E-state index contributed by atoms with van der Waals surface area (Å²) in [4.78, 5) is 0.302. The first kappa shape index (κ1) is 16.3. The van der Waals surface area contributed by atoms with E-state index in [1.54, 1.807) is 32.9 Å². The Morgan fingerprint density at radius 3 is 2.71 bits per heavy atom. The predicted octanol–water partition coefficient (Wildman–Crippen LogP) is 1.83. The van der Waals surface area contributed by atoms with Gasteiger partial charge in [-0.15, -0.1) is 0 Å². The van der Waals surface area contributed by atoms with Crippen LogP contribution in [0.2, 0.25) is 0 Å². The van der Waals surface area contributed by atoms with Crippen LogP contribution in [0.1, 0.15) is 32.8 Å². The molecule has 0 aromatic heterocycles. The fourth-order valence-electron chi connectivity index (χ4n) is 2.56. The zero-order valence-electron chi connectivity index (χ0n) is 12.9. The summed E-state index contributed by atoms with van der Waals surface area (Å²) in [5.74, 6) is 0. The molecule has 2 N–H and O–H groups in total. The lowest BCUT2D eigenvalue weighted by molar-refractivity contribution is 0.0601. The van der Waals surface area contributed by atoms with Gasteiger partial charge in [-0.05, 0) is 50.5 Å². The maximum absolute atomic E-state index is 12.7. The first-order valence-corrected chi connectivity index (χ1v) is 8.77. The number of sulfonamides is 1. The average molecular weight is 312 g/mol. The van der Waals surface area contributed by atoms with Crippen molar-refractivity contribution in [3.8, 4) is 0 Å². The highest BCUT2D eigenvalue weighted by Gasteiger charge is 2.29. The van der Waals surface area contributed by atoms with E-state index < -0.39 is 15.6 Å². The lowest BCUT2D eigenvalue weighted by atomic mass is 10.0. The predicted molar refractivity (Wildman–Crippen MR) is 84.0 cm³/mol. The monoisotopic (exact) mass is 312 g/mol. The summed E-state index contributed by atoms with van der Waals surface area (Å²) in [6, 6.07) is 5.22. The summed E-state index contributed by atoms with van der Waals surface area (Å²) >= 11 is 0. The van der Waals surface area contributed by atoms with Gasteiger partial charge in [-0.3, -0.25) is 0 Å². The van der Waals surface area contributed by atoms with Crippen molar-refractivity contribution in [2.75, 3.05) is 25.0 Å². The third-order valence-corrected chi connectivity index (χ3v) is 5.49. The zero-order chi connectivity index (χ0) is 15.7. The second-order valence-electron chi connectivity index (χ2n) is 6.09. The molecule has 5 nitrogen and oxygen atoms in total. The van der Waals surface area contributed by atoms with E-state index in [-0.39, 0.29) is 6.54 Å². The summed E-state index contributed by atoms with van der Waals surface area (Å²) in [5.41, 5.74) is 1.01. The molecule has 1 heterocycles. The van der Waals surface area contributed by atoms with Crippen LogP contribution in [0, 0.1) is 0 Å². The fourth-order valence-corrected chi connectivity index (χ4v) is 4.21. The SMILES string of the molecule is CCN(CC(C)(C)O)S(=O)(=O)c1ccc2c(c1)CCCN2. The normalized spacial score (nSPS) is 15.7. The Bertz CT molecular complexity index is 606. The van der Waals surface area contributed by atoms with E-state index in [4.69, 9.17) is 0 Å².